The van der Waals surface area contributed by atoms with Gasteiger partial charge < -0.3 is 5.32 Å². The number of benzene rings is 2. The van der Waals surface area contributed by atoms with Gasteiger partial charge in [0.1, 0.15) is 0 Å². The predicted molar refractivity (Wildman–Crippen MR) is 104 cm³/mol. The Morgan fingerprint density at radius 1 is 1.00 bits per heavy atom. The summed E-state index contributed by atoms with van der Waals surface area (Å²) in [5.74, 6) is 0. The van der Waals surface area contributed by atoms with Gasteiger partial charge in [-0.2, -0.15) is 0 Å². The molecule has 1 unspecified atom stereocenters. The fourth-order valence-electron chi connectivity index (χ4n) is 3.66. The number of fused-ring (bicyclic) bond motifs is 1. The molecule has 0 saturated carbocycles. The minimum Gasteiger partial charge on any atom is -0.315 e. The van der Waals surface area contributed by atoms with Gasteiger partial charge >= 0.3 is 0 Å². The van der Waals surface area contributed by atoms with Crippen LogP contribution in [0.25, 0.3) is 10.1 Å². The van der Waals surface area contributed by atoms with Gasteiger partial charge in [0, 0.05) is 29.2 Å². The first-order valence-corrected chi connectivity index (χ1v) is 9.63. The van der Waals surface area contributed by atoms with Gasteiger partial charge in [0.15, 0.2) is 0 Å². The molecule has 3 heteroatoms. The Morgan fingerprint density at radius 2 is 1.92 bits per heavy atom. The highest BCUT2D eigenvalue weighted by Gasteiger charge is 2.25. The van der Waals surface area contributed by atoms with Crippen molar-refractivity contribution in [2.24, 2.45) is 0 Å². The topological polar surface area (TPSA) is 15.3 Å². The van der Waals surface area contributed by atoms with Crippen LogP contribution in [0.2, 0.25) is 0 Å². The first kappa shape index (κ1) is 15.8. The molecule has 124 valence electrons. The van der Waals surface area contributed by atoms with E-state index in [0.717, 1.165) is 26.2 Å². The molecule has 24 heavy (non-hydrogen) atoms. The molecule has 0 bridgehead atoms. The Bertz CT molecular complexity index is 782. The maximum atomic E-state index is 3.53. The molecular formula is C21H24N2S. The van der Waals surface area contributed by atoms with Gasteiger partial charge in [-0.15, -0.1) is 11.3 Å². The Hall–Kier alpha value is -1.68. The van der Waals surface area contributed by atoms with Crippen LogP contribution < -0.4 is 5.32 Å². The van der Waals surface area contributed by atoms with E-state index in [-0.39, 0.29) is 0 Å². The number of hydrogen-bond donors (Lipinski definition) is 1. The molecule has 3 aromatic rings. The van der Waals surface area contributed by atoms with Crippen molar-refractivity contribution in [3.8, 4) is 0 Å². The number of thiophene rings is 1. The highest BCUT2D eigenvalue weighted by atomic mass is 32.1. The fourth-order valence-corrected chi connectivity index (χ4v) is 4.89. The van der Waals surface area contributed by atoms with Crippen LogP contribution >= 0.6 is 11.3 Å². The third-order valence-electron chi connectivity index (χ3n) is 4.81. The summed E-state index contributed by atoms with van der Waals surface area (Å²) in [5, 5.41) is 4.90. The molecule has 2 aromatic carbocycles. The minimum atomic E-state index is 0.363. The molecule has 2 nitrogen and oxygen atoms in total. The van der Waals surface area contributed by atoms with Gasteiger partial charge in [0.05, 0.1) is 6.04 Å². The molecule has 1 fully saturated rings. The fraction of sp³-hybridized carbons (Fsp3) is 0.333. The number of hydrogen-bond acceptors (Lipinski definition) is 3. The Labute approximate surface area is 148 Å². The van der Waals surface area contributed by atoms with Crippen LogP contribution in [0.3, 0.4) is 0 Å². The van der Waals surface area contributed by atoms with E-state index in [9.17, 15) is 0 Å². The number of nitrogens with one attached hydrogen (secondary N) is 1. The lowest BCUT2D eigenvalue weighted by molar-refractivity contribution is 0.244. The van der Waals surface area contributed by atoms with E-state index < -0.39 is 0 Å². The van der Waals surface area contributed by atoms with Crippen LogP contribution in [0.1, 0.15) is 28.5 Å². The molecule has 4 rings (SSSR count). The molecule has 1 N–H and O–H groups in total. The lowest BCUT2D eigenvalue weighted by Gasteiger charge is -2.30. The number of aryl methyl sites for hydroxylation is 1. The summed E-state index contributed by atoms with van der Waals surface area (Å²) in [6, 6.07) is 20.5. The van der Waals surface area contributed by atoms with Crippen molar-refractivity contribution in [3.63, 3.8) is 0 Å². The highest BCUT2D eigenvalue weighted by Crippen LogP contribution is 2.37. The second kappa shape index (κ2) is 7.06. The SMILES string of the molecule is Cc1cccc(C(c2cc3ccccc3s2)N2CCCNCC2)c1. The standard InChI is InChI=1S/C21H24N2S/c1-16-6-4-8-18(14-16)21(23-12-5-10-22-11-13-23)20-15-17-7-2-3-9-19(17)24-20/h2-4,6-9,14-15,21-22H,5,10-13H2,1H3. The van der Waals surface area contributed by atoms with Crippen LogP contribution in [0.15, 0.2) is 54.6 Å². The Kier molecular flexibility index (Phi) is 4.65. The second-order valence-corrected chi connectivity index (χ2v) is 7.76. The lowest BCUT2D eigenvalue weighted by atomic mass is 10.0. The average Bonchev–Trinajstić information content (AvgIpc) is 2.82. The van der Waals surface area contributed by atoms with Crippen LogP contribution in [0.5, 0.6) is 0 Å². The molecule has 0 spiro atoms. The van der Waals surface area contributed by atoms with Crippen molar-refractivity contribution in [3.05, 3.63) is 70.6 Å². The summed E-state index contributed by atoms with van der Waals surface area (Å²) >= 11 is 1.94. The number of rotatable bonds is 3. The summed E-state index contributed by atoms with van der Waals surface area (Å²) in [4.78, 5) is 4.11. The molecule has 1 saturated heterocycles. The monoisotopic (exact) mass is 336 g/mol. The van der Waals surface area contributed by atoms with Crippen molar-refractivity contribution < 1.29 is 0 Å². The van der Waals surface area contributed by atoms with E-state index in [4.69, 9.17) is 0 Å². The van der Waals surface area contributed by atoms with E-state index in [2.05, 4.69) is 71.7 Å². The van der Waals surface area contributed by atoms with Crippen LogP contribution in [0.4, 0.5) is 0 Å². The highest BCUT2D eigenvalue weighted by molar-refractivity contribution is 7.19. The van der Waals surface area contributed by atoms with Gasteiger partial charge in [0.2, 0.25) is 0 Å². The van der Waals surface area contributed by atoms with Gasteiger partial charge in [-0.1, -0.05) is 48.0 Å². The number of nitrogens with zero attached hydrogens (tertiary/aromatic N) is 1. The molecular weight excluding hydrogens is 312 g/mol. The largest absolute Gasteiger partial charge is 0.315 e. The first-order chi connectivity index (χ1) is 11.8. The Morgan fingerprint density at radius 3 is 2.79 bits per heavy atom. The average molecular weight is 337 g/mol. The van der Waals surface area contributed by atoms with E-state index in [0.29, 0.717) is 6.04 Å². The van der Waals surface area contributed by atoms with Crippen molar-refractivity contribution >= 4 is 21.4 Å². The van der Waals surface area contributed by atoms with Crippen LogP contribution in [-0.2, 0) is 0 Å². The molecule has 1 atom stereocenters. The summed E-state index contributed by atoms with van der Waals surface area (Å²) in [6.07, 6.45) is 1.22. The zero-order chi connectivity index (χ0) is 16.4. The van der Waals surface area contributed by atoms with Crippen molar-refractivity contribution in [2.75, 3.05) is 26.2 Å². The van der Waals surface area contributed by atoms with Crippen molar-refractivity contribution in [1.29, 1.82) is 0 Å². The van der Waals surface area contributed by atoms with Gasteiger partial charge in [-0.3, -0.25) is 4.90 Å². The maximum Gasteiger partial charge on any atom is 0.0697 e. The smallest absolute Gasteiger partial charge is 0.0697 e. The molecule has 1 aliphatic heterocycles. The summed E-state index contributed by atoms with van der Waals surface area (Å²) < 4.78 is 1.39. The molecule has 0 aliphatic carbocycles. The predicted octanol–water partition coefficient (Wildman–Crippen LogP) is 4.59. The van der Waals surface area contributed by atoms with Crippen molar-refractivity contribution in [2.45, 2.75) is 19.4 Å². The van der Waals surface area contributed by atoms with Gasteiger partial charge in [-0.25, -0.2) is 0 Å². The second-order valence-electron chi connectivity index (χ2n) is 6.64. The Balaban J connectivity index is 1.79. The third kappa shape index (κ3) is 3.25. The molecule has 2 heterocycles. The molecule has 1 aliphatic rings. The zero-order valence-electron chi connectivity index (χ0n) is 14.2. The molecule has 0 amide bonds. The van der Waals surface area contributed by atoms with Crippen molar-refractivity contribution in [1.82, 2.24) is 10.2 Å². The van der Waals surface area contributed by atoms with E-state index in [1.807, 2.05) is 11.3 Å². The quantitative estimate of drug-likeness (QED) is 0.752. The minimum absolute atomic E-state index is 0.363. The zero-order valence-corrected chi connectivity index (χ0v) is 15.0. The maximum absolute atomic E-state index is 3.53. The molecule has 0 radical (unpaired) electrons. The van der Waals surface area contributed by atoms with E-state index in [1.165, 1.54) is 32.5 Å². The summed E-state index contributed by atoms with van der Waals surface area (Å²) in [6.45, 7) is 6.65. The van der Waals surface area contributed by atoms with Crippen LogP contribution in [-0.4, -0.2) is 31.1 Å². The van der Waals surface area contributed by atoms with E-state index in [1.54, 1.807) is 0 Å². The molecule has 1 aromatic heterocycles. The van der Waals surface area contributed by atoms with E-state index >= 15 is 0 Å². The van der Waals surface area contributed by atoms with Gasteiger partial charge in [0.25, 0.3) is 0 Å². The first-order valence-electron chi connectivity index (χ1n) is 8.81. The van der Waals surface area contributed by atoms with Crippen LogP contribution in [0, 0.1) is 6.92 Å². The van der Waals surface area contributed by atoms with Gasteiger partial charge in [-0.05, 0) is 43.0 Å². The lowest BCUT2D eigenvalue weighted by Crippen LogP contribution is -2.32. The summed E-state index contributed by atoms with van der Waals surface area (Å²) in [5.41, 5.74) is 2.76. The third-order valence-corrected chi connectivity index (χ3v) is 5.98. The summed E-state index contributed by atoms with van der Waals surface area (Å²) in [7, 11) is 0. The normalized spacial score (nSPS) is 17.7.